The molecule has 0 bridgehead atoms. The first kappa shape index (κ1) is 17.3. The Morgan fingerprint density at radius 3 is 2.76 bits per heavy atom. The third kappa shape index (κ3) is 3.62. The van der Waals surface area contributed by atoms with E-state index in [1.165, 1.54) is 31.6 Å². The Balaban J connectivity index is 2.07. The molecule has 0 saturated carbocycles. The molecule has 1 aromatic carbocycles. The van der Waals surface area contributed by atoms with Crippen molar-refractivity contribution in [3.63, 3.8) is 0 Å². The fourth-order valence-electron chi connectivity index (χ4n) is 2.24. The number of phenols is 1. The van der Waals surface area contributed by atoms with Crippen molar-refractivity contribution >= 4 is 28.9 Å². The van der Waals surface area contributed by atoms with Gasteiger partial charge < -0.3 is 19.0 Å². The molecule has 0 atom stereocenters. The number of hydrogen-bond acceptors (Lipinski definition) is 7. The number of halogens is 1. The van der Waals surface area contributed by atoms with Gasteiger partial charge in [-0.1, -0.05) is 11.6 Å². The predicted molar refractivity (Wildman–Crippen MR) is 94.2 cm³/mol. The molecule has 0 aliphatic rings. The molecule has 0 saturated heterocycles. The molecule has 0 amide bonds. The van der Waals surface area contributed by atoms with Gasteiger partial charge in [0.25, 0.3) is 0 Å². The molecular formula is C17H14ClNO5S. The van der Waals surface area contributed by atoms with Gasteiger partial charge in [-0.25, -0.2) is 4.98 Å². The van der Waals surface area contributed by atoms with Crippen LogP contribution in [0.4, 0.5) is 0 Å². The highest BCUT2D eigenvalue weighted by atomic mass is 35.5. The van der Waals surface area contributed by atoms with Gasteiger partial charge >= 0.3 is 5.97 Å². The van der Waals surface area contributed by atoms with Crippen molar-refractivity contribution in [1.29, 1.82) is 0 Å². The van der Waals surface area contributed by atoms with Crippen molar-refractivity contribution in [2.24, 2.45) is 0 Å². The number of esters is 1. The molecule has 1 N–H and O–H groups in total. The number of carbonyl (C=O) groups is 1. The van der Waals surface area contributed by atoms with E-state index in [0.717, 1.165) is 4.88 Å². The van der Waals surface area contributed by atoms with E-state index in [1.807, 2.05) is 0 Å². The molecule has 0 aliphatic carbocycles. The number of ether oxygens (including phenoxy) is 2. The van der Waals surface area contributed by atoms with E-state index < -0.39 is 5.97 Å². The number of rotatable bonds is 5. The topological polar surface area (TPSA) is 81.8 Å². The van der Waals surface area contributed by atoms with Crippen LogP contribution in [0.15, 0.2) is 34.7 Å². The average molecular weight is 380 g/mol. The van der Waals surface area contributed by atoms with Crippen LogP contribution in [0.25, 0.3) is 22.1 Å². The summed E-state index contributed by atoms with van der Waals surface area (Å²) in [6, 6.07) is 8.29. The van der Waals surface area contributed by atoms with E-state index in [2.05, 4.69) is 4.98 Å². The Bertz CT molecular complexity index is 918. The maximum absolute atomic E-state index is 11.7. The van der Waals surface area contributed by atoms with Crippen LogP contribution in [0.3, 0.4) is 0 Å². The highest BCUT2D eigenvalue weighted by molar-refractivity contribution is 7.19. The Morgan fingerprint density at radius 2 is 2.12 bits per heavy atom. The van der Waals surface area contributed by atoms with Gasteiger partial charge in [-0.05, 0) is 30.3 Å². The van der Waals surface area contributed by atoms with Crippen LogP contribution in [-0.2, 0) is 16.0 Å². The molecule has 130 valence electrons. The van der Waals surface area contributed by atoms with Crippen LogP contribution < -0.4 is 4.74 Å². The lowest BCUT2D eigenvalue weighted by Crippen LogP contribution is -2.05. The molecule has 2 aromatic heterocycles. The molecule has 3 rings (SSSR count). The van der Waals surface area contributed by atoms with Gasteiger partial charge in [0, 0.05) is 5.56 Å². The fourth-order valence-corrected chi connectivity index (χ4v) is 3.29. The number of carbonyl (C=O) groups excluding carboxylic acids is 1. The number of phenolic OH excluding ortho intramolecular Hbond substituents is 1. The van der Waals surface area contributed by atoms with E-state index in [9.17, 15) is 9.90 Å². The molecule has 8 heteroatoms. The number of methoxy groups -OCH3 is 2. The summed E-state index contributed by atoms with van der Waals surface area (Å²) in [4.78, 5) is 16.9. The summed E-state index contributed by atoms with van der Waals surface area (Å²) < 4.78 is 16.3. The second kappa shape index (κ2) is 7.16. The van der Waals surface area contributed by atoms with E-state index in [-0.39, 0.29) is 12.2 Å². The lowest BCUT2D eigenvalue weighted by Gasteiger charge is -2.03. The number of benzene rings is 1. The molecule has 0 fully saturated rings. The molecule has 6 nitrogen and oxygen atoms in total. The van der Waals surface area contributed by atoms with Crippen LogP contribution >= 0.6 is 22.9 Å². The first-order chi connectivity index (χ1) is 12.0. The highest BCUT2D eigenvalue weighted by Crippen LogP contribution is 2.38. The molecule has 0 spiro atoms. The van der Waals surface area contributed by atoms with Gasteiger partial charge in [-0.3, -0.25) is 4.79 Å². The maximum Gasteiger partial charge on any atom is 0.311 e. The molecule has 25 heavy (non-hydrogen) atoms. The van der Waals surface area contributed by atoms with Gasteiger partial charge in [0.1, 0.15) is 0 Å². The first-order valence-electron chi connectivity index (χ1n) is 7.21. The second-order valence-corrected chi connectivity index (χ2v) is 6.75. The van der Waals surface area contributed by atoms with Crippen LogP contribution in [0, 0.1) is 0 Å². The summed E-state index contributed by atoms with van der Waals surface area (Å²) in [6.07, 6.45) is -0.0277. The minimum atomic E-state index is -0.424. The Morgan fingerprint density at radius 1 is 1.32 bits per heavy atom. The minimum Gasteiger partial charge on any atom is -0.504 e. The van der Waals surface area contributed by atoms with Crippen molar-refractivity contribution in [3.8, 4) is 33.6 Å². The minimum absolute atomic E-state index is 0.0119. The number of oxazole rings is 1. The Hall–Kier alpha value is -2.51. The second-order valence-electron chi connectivity index (χ2n) is 5.04. The lowest BCUT2D eigenvalue weighted by molar-refractivity contribution is -0.139. The molecule has 3 aromatic rings. The molecular weight excluding hydrogens is 366 g/mol. The summed E-state index contributed by atoms with van der Waals surface area (Å²) >= 11 is 7.32. The van der Waals surface area contributed by atoms with E-state index in [0.29, 0.717) is 33.0 Å². The Kier molecular flexibility index (Phi) is 4.96. The van der Waals surface area contributed by atoms with Crippen LogP contribution in [-0.4, -0.2) is 30.3 Å². The normalized spacial score (nSPS) is 10.7. The van der Waals surface area contributed by atoms with E-state index in [4.69, 9.17) is 25.5 Å². The number of aromatic nitrogens is 1. The smallest absolute Gasteiger partial charge is 0.311 e. The zero-order valence-corrected chi connectivity index (χ0v) is 15.0. The number of nitrogens with zero attached hydrogens (tertiary/aromatic N) is 1. The summed E-state index contributed by atoms with van der Waals surface area (Å²) in [5.41, 5.74) is 1.06. The average Bonchev–Trinajstić information content (AvgIpc) is 3.21. The molecule has 0 unspecified atom stereocenters. The first-order valence-corrected chi connectivity index (χ1v) is 8.41. The number of hydrogen-bond donors (Lipinski definition) is 1. The van der Waals surface area contributed by atoms with Crippen molar-refractivity contribution in [2.45, 2.75) is 6.42 Å². The zero-order chi connectivity index (χ0) is 18.0. The molecule has 2 heterocycles. The van der Waals surface area contributed by atoms with Crippen molar-refractivity contribution < 1.29 is 23.8 Å². The monoisotopic (exact) mass is 379 g/mol. The molecule has 0 aliphatic heterocycles. The third-order valence-corrected chi connectivity index (χ3v) is 4.69. The van der Waals surface area contributed by atoms with Gasteiger partial charge in [0.15, 0.2) is 17.3 Å². The summed E-state index contributed by atoms with van der Waals surface area (Å²) in [7, 11) is 2.77. The summed E-state index contributed by atoms with van der Waals surface area (Å²) in [5.74, 6) is 0.650. The van der Waals surface area contributed by atoms with E-state index in [1.54, 1.807) is 24.3 Å². The zero-order valence-electron chi connectivity index (χ0n) is 13.4. The van der Waals surface area contributed by atoms with Gasteiger partial charge in [0.2, 0.25) is 5.89 Å². The quantitative estimate of drug-likeness (QED) is 0.670. The standard InChI is InChI=1S/C17H14ClNO5S/c1-22-12-7-9(3-4-11(12)20)17-19-10(8-15(21)23-2)16(24-17)13-5-6-14(18)25-13/h3-7,20H,8H2,1-2H3. The van der Waals surface area contributed by atoms with Crippen LogP contribution in [0.2, 0.25) is 4.34 Å². The fraction of sp³-hybridized carbons (Fsp3) is 0.176. The number of aromatic hydroxyl groups is 1. The van der Waals surface area contributed by atoms with Crippen molar-refractivity contribution in [2.75, 3.05) is 14.2 Å². The Labute approximate surface area is 152 Å². The largest absolute Gasteiger partial charge is 0.504 e. The SMILES string of the molecule is COC(=O)Cc1nc(-c2ccc(O)c(OC)c2)oc1-c1ccc(Cl)s1. The van der Waals surface area contributed by atoms with Crippen LogP contribution in [0.5, 0.6) is 11.5 Å². The summed E-state index contributed by atoms with van der Waals surface area (Å²) in [5, 5.41) is 9.72. The van der Waals surface area contributed by atoms with Gasteiger partial charge in [0.05, 0.1) is 35.5 Å². The van der Waals surface area contributed by atoms with E-state index >= 15 is 0 Å². The molecule has 0 radical (unpaired) electrons. The summed E-state index contributed by atoms with van der Waals surface area (Å²) in [6.45, 7) is 0. The van der Waals surface area contributed by atoms with Gasteiger partial charge in [-0.15, -0.1) is 11.3 Å². The van der Waals surface area contributed by atoms with Crippen molar-refractivity contribution in [3.05, 3.63) is 40.4 Å². The highest BCUT2D eigenvalue weighted by Gasteiger charge is 2.21. The third-order valence-electron chi connectivity index (χ3n) is 3.46. The van der Waals surface area contributed by atoms with Crippen molar-refractivity contribution in [1.82, 2.24) is 4.98 Å². The van der Waals surface area contributed by atoms with Gasteiger partial charge in [-0.2, -0.15) is 0 Å². The predicted octanol–water partition coefficient (Wildman–Crippen LogP) is 4.15. The van der Waals surface area contributed by atoms with Crippen LogP contribution in [0.1, 0.15) is 5.69 Å². The lowest BCUT2D eigenvalue weighted by atomic mass is 10.2. The number of thiophene rings is 1. The maximum atomic E-state index is 11.7.